The fourth-order valence-electron chi connectivity index (χ4n) is 3.84. The number of halogens is 4. The van der Waals surface area contributed by atoms with Gasteiger partial charge in [-0.05, 0) is 61.4 Å². The maximum atomic E-state index is 11.7. The molecule has 244 valence electrons. The Balaban J connectivity index is 0.000000683. The fourth-order valence-corrected chi connectivity index (χ4v) is 4.12. The number of hydrogen-bond donors (Lipinski definition) is 1. The maximum absolute atomic E-state index is 11.7. The molecule has 16 nitrogen and oxygen atoms in total. The van der Waals surface area contributed by atoms with Gasteiger partial charge in [0.2, 0.25) is 17.0 Å². The Morgan fingerprint density at radius 1 is 0.884 bits per heavy atom. The SMILES string of the molecule is C.C.Cc1nc(N2CCOC[C@@H]2C)[nH]c(=O)c1[N+](=O)[O-].Cc1nc(N2CCOC[C@@H]2C)nc(Cl)c1[N+](=O)[O-].O=P(Cl)(Cl)Cl. The van der Waals surface area contributed by atoms with Gasteiger partial charge in [-0.2, -0.15) is 4.98 Å². The van der Waals surface area contributed by atoms with Gasteiger partial charge in [0.25, 0.3) is 0 Å². The van der Waals surface area contributed by atoms with Crippen molar-refractivity contribution in [1.29, 1.82) is 0 Å². The summed E-state index contributed by atoms with van der Waals surface area (Å²) in [5, 5.41) is 18.2. The number of aryl methyl sites for hydroxylation is 2. The molecule has 2 atom stereocenters. The summed E-state index contributed by atoms with van der Waals surface area (Å²) in [6, 6.07) is 0.193. The van der Waals surface area contributed by atoms with Crippen molar-refractivity contribution in [2.45, 2.75) is 54.6 Å². The van der Waals surface area contributed by atoms with E-state index in [2.05, 4.69) is 53.7 Å². The first-order valence-electron chi connectivity index (χ1n) is 11.8. The van der Waals surface area contributed by atoms with E-state index in [9.17, 15) is 29.6 Å². The van der Waals surface area contributed by atoms with Crippen molar-refractivity contribution in [1.82, 2.24) is 19.9 Å². The second-order valence-electron chi connectivity index (χ2n) is 8.72. The second kappa shape index (κ2) is 17.8. The molecule has 0 bridgehead atoms. The topological polar surface area (TPSA) is 200 Å². The maximum Gasteiger partial charge on any atom is 0.354 e. The third-order valence-corrected chi connectivity index (χ3v) is 5.95. The van der Waals surface area contributed by atoms with Crippen LogP contribution in [0.25, 0.3) is 0 Å². The van der Waals surface area contributed by atoms with Gasteiger partial charge in [0.05, 0.1) is 48.4 Å². The number of rotatable bonds is 4. The van der Waals surface area contributed by atoms with Crippen molar-refractivity contribution in [3.63, 3.8) is 0 Å². The molecule has 2 aromatic rings. The Morgan fingerprint density at radius 3 is 1.72 bits per heavy atom. The Labute approximate surface area is 268 Å². The van der Waals surface area contributed by atoms with Crippen LogP contribution in [0.4, 0.5) is 23.3 Å². The van der Waals surface area contributed by atoms with Crippen LogP contribution >= 0.6 is 50.5 Å². The first-order chi connectivity index (χ1) is 19.0. The summed E-state index contributed by atoms with van der Waals surface area (Å²) in [6.07, 6.45) is 0. The highest BCUT2D eigenvalue weighted by Crippen LogP contribution is 2.61. The van der Waals surface area contributed by atoms with Gasteiger partial charge in [0.15, 0.2) is 0 Å². The van der Waals surface area contributed by atoms with E-state index in [1.54, 1.807) is 6.92 Å². The molecule has 2 fully saturated rings. The molecule has 4 heterocycles. The van der Waals surface area contributed by atoms with Crippen LogP contribution in [0, 0.1) is 34.1 Å². The van der Waals surface area contributed by atoms with E-state index in [-0.39, 0.29) is 49.2 Å². The highest BCUT2D eigenvalue weighted by Gasteiger charge is 2.27. The summed E-state index contributed by atoms with van der Waals surface area (Å²) in [4.78, 5) is 50.4. The molecular formula is C22H35Cl4N8O8P. The smallest absolute Gasteiger partial charge is 0.354 e. The molecular weight excluding hydrogens is 677 g/mol. The van der Waals surface area contributed by atoms with Crippen LogP contribution < -0.4 is 15.4 Å². The van der Waals surface area contributed by atoms with Crippen LogP contribution in [0.15, 0.2) is 4.79 Å². The molecule has 4 rings (SSSR count). The number of ether oxygens (including phenoxy) is 2. The van der Waals surface area contributed by atoms with Crippen molar-refractivity contribution < 1.29 is 23.9 Å². The first-order valence-corrected chi connectivity index (χ1v) is 16.6. The number of morpholine rings is 2. The van der Waals surface area contributed by atoms with Crippen LogP contribution in [-0.4, -0.2) is 81.4 Å². The van der Waals surface area contributed by atoms with Gasteiger partial charge < -0.3 is 19.3 Å². The zero-order valence-electron chi connectivity index (χ0n) is 22.3. The predicted octanol–water partition coefficient (Wildman–Crippen LogP) is 5.87. The average Bonchev–Trinajstić information content (AvgIpc) is 2.82. The normalized spacial score (nSPS) is 18.0. The summed E-state index contributed by atoms with van der Waals surface area (Å²) >= 11 is 19.7. The standard InChI is InChI=1S/C10H13ClN4O3.C10H14N4O4.2CH4.Cl3OP/c1-6-5-18-4-3-14(6)10-12-7(2)8(15(16)17)9(11)13-10;1-6-5-18-4-3-13(6)10-11-7(2)8(14(16)17)9(15)12-10;;;1-5(2,3)4/h6H,3-5H2,1-2H3;6H,3-5H2,1-2H3,(H,11,12,15);2*1H4;/t2*6-;;;/m00.../s1. The lowest BCUT2D eigenvalue weighted by Gasteiger charge is -2.33. The molecule has 2 saturated heterocycles. The number of H-pyrrole nitrogens is 1. The van der Waals surface area contributed by atoms with Crippen molar-refractivity contribution in [3.8, 4) is 0 Å². The highest BCUT2D eigenvalue weighted by atomic mass is 36.0. The average molecular weight is 712 g/mol. The lowest BCUT2D eigenvalue weighted by atomic mass is 10.2. The quantitative estimate of drug-likeness (QED) is 0.171. The van der Waals surface area contributed by atoms with Crippen molar-refractivity contribution in [2.24, 2.45) is 0 Å². The Kier molecular flexibility index (Phi) is 16.9. The van der Waals surface area contributed by atoms with E-state index in [0.717, 1.165) is 0 Å². The molecule has 43 heavy (non-hydrogen) atoms. The number of aromatic amines is 1. The van der Waals surface area contributed by atoms with E-state index in [1.165, 1.54) is 6.92 Å². The van der Waals surface area contributed by atoms with Crippen LogP contribution in [0.3, 0.4) is 0 Å². The minimum absolute atomic E-state index is 0. The molecule has 0 saturated carbocycles. The van der Waals surface area contributed by atoms with Crippen LogP contribution in [0.1, 0.15) is 40.1 Å². The van der Waals surface area contributed by atoms with Gasteiger partial charge in [-0.1, -0.05) is 26.5 Å². The van der Waals surface area contributed by atoms with Gasteiger partial charge in [-0.3, -0.25) is 34.6 Å². The number of nitrogens with one attached hydrogen (secondary N) is 1. The predicted molar refractivity (Wildman–Crippen MR) is 169 cm³/mol. The molecule has 21 heteroatoms. The van der Waals surface area contributed by atoms with E-state index >= 15 is 0 Å². The summed E-state index contributed by atoms with van der Waals surface area (Å²) in [7, 11) is 0. The molecule has 0 unspecified atom stereocenters. The minimum Gasteiger partial charge on any atom is -0.377 e. The number of aromatic nitrogens is 4. The lowest BCUT2D eigenvalue weighted by molar-refractivity contribution is -0.387. The largest absolute Gasteiger partial charge is 0.377 e. The molecule has 2 aliphatic rings. The molecule has 0 radical (unpaired) electrons. The number of anilines is 2. The van der Waals surface area contributed by atoms with Gasteiger partial charge in [0, 0.05) is 13.1 Å². The monoisotopic (exact) mass is 710 g/mol. The number of hydrogen-bond acceptors (Lipinski definition) is 13. The Bertz CT molecular complexity index is 1330. The highest BCUT2D eigenvalue weighted by molar-refractivity contribution is 8.24. The van der Waals surface area contributed by atoms with Gasteiger partial charge in [0.1, 0.15) is 11.4 Å². The summed E-state index contributed by atoms with van der Waals surface area (Å²) in [6.45, 7) is 10.4. The molecule has 2 aliphatic heterocycles. The fraction of sp³-hybridized carbons (Fsp3) is 0.636. The zero-order valence-corrected chi connectivity index (χ0v) is 26.2. The summed E-state index contributed by atoms with van der Waals surface area (Å²) in [5.41, 5.74) is -1.06. The van der Waals surface area contributed by atoms with E-state index in [0.29, 0.717) is 51.4 Å². The number of nitrogens with zero attached hydrogens (tertiary/aromatic N) is 7. The van der Waals surface area contributed by atoms with E-state index < -0.39 is 26.3 Å². The van der Waals surface area contributed by atoms with Crippen molar-refractivity contribution in [3.05, 3.63) is 47.1 Å². The Morgan fingerprint density at radius 2 is 1.33 bits per heavy atom. The molecule has 0 amide bonds. The molecule has 1 N–H and O–H groups in total. The van der Waals surface area contributed by atoms with Gasteiger partial charge >= 0.3 is 22.1 Å². The van der Waals surface area contributed by atoms with Crippen LogP contribution in [0.2, 0.25) is 5.15 Å². The Hall–Kier alpha value is -2.33. The third kappa shape index (κ3) is 12.3. The summed E-state index contributed by atoms with van der Waals surface area (Å²) in [5.74, 6) is 0.776. The summed E-state index contributed by atoms with van der Waals surface area (Å²) < 4.78 is 20.1. The first kappa shape index (κ1) is 40.7. The van der Waals surface area contributed by atoms with Crippen LogP contribution in [-0.2, 0) is 14.0 Å². The molecule has 0 spiro atoms. The van der Waals surface area contributed by atoms with Gasteiger partial charge in [-0.15, -0.1) is 0 Å². The third-order valence-electron chi connectivity index (χ3n) is 5.69. The molecule has 2 aromatic heterocycles. The van der Waals surface area contributed by atoms with Crippen molar-refractivity contribution in [2.75, 3.05) is 49.3 Å². The minimum atomic E-state index is -3.22. The molecule has 0 aromatic carbocycles. The molecule has 0 aliphatic carbocycles. The van der Waals surface area contributed by atoms with Gasteiger partial charge in [-0.25, -0.2) is 9.97 Å². The van der Waals surface area contributed by atoms with Crippen molar-refractivity contribution >= 4 is 73.8 Å². The van der Waals surface area contributed by atoms with E-state index in [1.807, 2.05) is 23.6 Å². The van der Waals surface area contributed by atoms with E-state index in [4.69, 9.17) is 21.1 Å². The number of nitro groups is 2. The van der Waals surface area contributed by atoms with Crippen LogP contribution in [0.5, 0.6) is 0 Å². The lowest BCUT2D eigenvalue weighted by Crippen LogP contribution is -2.45. The zero-order chi connectivity index (χ0) is 31.1. The second-order valence-corrected chi connectivity index (χ2v) is 15.7.